The molecule has 1 aliphatic heterocycles. The van der Waals surface area contributed by atoms with Crippen LogP contribution in [-0.4, -0.2) is 27.8 Å². The molecular weight excluding hydrogens is 352 g/mol. The van der Waals surface area contributed by atoms with Gasteiger partial charge in [0.15, 0.2) is 0 Å². The third kappa shape index (κ3) is 2.85. The summed E-state index contributed by atoms with van der Waals surface area (Å²) in [6.45, 7) is 0.567. The van der Waals surface area contributed by atoms with Crippen LogP contribution in [0.3, 0.4) is 0 Å². The molecule has 0 spiro atoms. The van der Waals surface area contributed by atoms with Gasteiger partial charge in [0.1, 0.15) is 11.6 Å². The number of aryl methyl sites for hydroxylation is 2. The lowest BCUT2D eigenvalue weighted by Gasteiger charge is -2.26. The number of nitrogens with zero attached hydrogens (tertiary/aromatic N) is 3. The fraction of sp³-hybridized carbons (Fsp3) is 0.318. The highest BCUT2D eigenvalue weighted by atomic mass is 16.5. The van der Waals surface area contributed by atoms with Crippen LogP contribution in [0, 0.1) is 0 Å². The Labute approximate surface area is 163 Å². The van der Waals surface area contributed by atoms with Crippen LogP contribution in [0.25, 0.3) is 0 Å². The number of carbonyl (C=O) groups is 1. The Bertz CT molecular complexity index is 1040. The van der Waals surface area contributed by atoms with E-state index in [1.54, 1.807) is 13.3 Å². The van der Waals surface area contributed by atoms with Gasteiger partial charge in [-0.1, -0.05) is 12.1 Å². The highest BCUT2D eigenvalue weighted by molar-refractivity contribution is 5.94. The minimum absolute atomic E-state index is 0.00740. The number of fused-ring (bicyclic) bond motifs is 2. The monoisotopic (exact) mass is 374 g/mol. The first-order chi connectivity index (χ1) is 13.7. The Morgan fingerprint density at radius 1 is 1.21 bits per heavy atom. The molecule has 0 fully saturated rings. The number of pyridine rings is 1. The lowest BCUT2D eigenvalue weighted by Crippen LogP contribution is -2.25. The second-order valence-corrected chi connectivity index (χ2v) is 7.49. The summed E-state index contributed by atoms with van der Waals surface area (Å²) in [6.07, 6.45) is 9.23. The molecule has 1 N–H and O–H groups in total. The van der Waals surface area contributed by atoms with E-state index in [4.69, 9.17) is 4.74 Å². The standard InChI is InChI=1S/C22H22N4O2/c1-28-20-9-16-6-2-5-15(16)8-18(20)17-10-21(27)25-22-19(17)12-24-26(22)13-14-4-3-7-23-11-14/h3-4,7-9,11-12,17H,2,5-6,10,13H2,1H3,(H,25,27)/t17-/m0/s1. The van der Waals surface area contributed by atoms with Gasteiger partial charge in [0.05, 0.1) is 19.9 Å². The molecule has 1 amide bonds. The van der Waals surface area contributed by atoms with Gasteiger partial charge in [-0.15, -0.1) is 0 Å². The van der Waals surface area contributed by atoms with E-state index >= 15 is 0 Å². The van der Waals surface area contributed by atoms with Crippen LogP contribution in [0.1, 0.15) is 46.6 Å². The van der Waals surface area contributed by atoms with Crippen LogP contribution >= 0.6 is 0 Å². The number of hydrogen-bond donors (Lipinski definition) is 1. The Kier molecular flexibility index (Phi) is 4.11. The molecule has 0 unspecified atom stereocenters. The molecule has 0 bridgehead atoms. The van der Waals surface area contributed by atoms with Crippen LogP contribution in [0.5, 0.6) is 5.75 Å². The third-order valence-corrected chi connectivity index (χ3v) is 5.77. The lowest BCUT2D eigenvalue weighted by atomic mass is 9.85. The summed E-state index contributed by atoms with van der Waals surface area (Å²) in [6, 6.07) is 8.31. The molecule has 2 aromatic heterocycles. The molecule has 142 valence electrons. The first-order valence-corrected chi connectivity index (χ1v) is 9.67. The van der Waals surface area contributed by atoms with Crippen molar-refractivity contribution in [2.75, 3.05) is 12.4 Å². The summed E-state index contributed by atoms with van der Waals surface area (Å²) < 4.78 is 7.55. The molecular formula is C22H22N4O2. The maximum absolute atomic E-state index is 12.5. The van der Waals surface area contributed by atoms with Gasteiger partial charge in [-0.25, -0.2) is 4.68 Å². The zero-order chi connectivity index (χ0) is 19.1. The zero-order valence-corrected chi connectivity index (χ0v) is 15.8. The first kappa shape index (κ1) is 17.0. The fourth-order valence-corrected chi connectivity index (χ4v) is 4.40. The molecule has 6 heteroatoms. The van der Waals surface area contributed by atoms with E-state index < -0.39 is 0 Å². The number of anilines is 1. The van der Waals surface area contributed by atoms with Crippen molar-refractivity contribution in [2.24, 2.45) is 0 Å². The van der Waals surface area contributed by atoms with Crippen LogP contribution < -0.4 is 10.1 Å². The molecule has 1 aliphatic carbocycles. The lowest BCUT2D eigenvalue weighted by molar-refractivity contribution is -0.116. The van der Waals surface area contributed by atoms with Crippen LogP contribution in [0.15, 0.2) is 42.9 Å². The third-order valence-electron chi connectivity index (χ3n) is 5.77. The topological polar surface area (TPSA) is 69.0 Å². The molecule has 0 saturated carbocycles. The number of hydrogen-bond acceptors (Lipinski definition) is 4. The predicted octanol–water partition coefficient (Wildman–Crippen LogP) is 3.30. The van der Waals surface area contributed by atoms with Gasteiger partial charge < -0.3 is 10.1 Å². The van der Waals surface area contributed by atoms with Gasteiger partial charge in [0.25, 0.3) is 0 Å². The Hall–Kier alpha value is -3.15. The van der Waals surface area contributed by atoms with E-state index in [2.05, 4.69) is 27.5 Å². The molecule has 0 radical (unpaired) electrons. The second kappa shape index (κ2) is 6.78. The quantitative estimate of drug-likeness (QED) is 0.761. The van der Waals surface area contributed by atoms with Crippen molar-refractivity contribution in [3.05, 3.63) is 70.7 Å². The number of rotatable bonds is 4. The highest BCUT2D eigenvalue weighted by Gasteiger charge is 2.32. The minimum Gasteiger partial charge on any atom is -0.496 e. The number of benzene rings is 1. The summed E-state index contributed by atoms with van der Waals surface area (Å²) >= 11 is 0. The number of amides is 1. The van der Waals surface area contributed by atoms with Crippen molar-refractivity contribution in [1.82, 2.24) is 14.8 Å². The summed E-state index contributed by atoms with van der Waals surface area (Å²) in [5.74, 6) is 1.60. The van der Waals surface area contributed by atoms with Crippen molar-refractivity contribution in [3.63, 3.8) is 0 Å². The second-order valence-electron chi connectivity index (χ2n) is 7.49. The highest BCUT2D eigenvalue weighted by Crippen LogP contribution is 2.43. The summed E-state index contributed by atoms with van der Waals surface area (Å²) in [5, 5.41) is 7.58. The first-order valence-electron chi connectivity index (χ1n) is 9.67. The van der Waals surface area contributed by atoms with E-state index in [-0.39, 0.29) is 11.8 Å². The summed E-state index contributed by atoms with van der Waals surface area (Å²) in [5.41, 5.74) is 5.92. The van der Waals surface area contributed by atoms with E-state index in [0.29, 0.717) is 13.0 Å². The Balaban J connectivity index is 1.56. The molecule has 5 rings (SSSR count). The van der Waals surface area contributed by atoms with Crippen molar-refractivity contribution < 1.29 is 9.53 Å². The SMILES string of the molecule is COc1cc2c(cc1[C@@H]1CC(=O)Nc3c1cnn3Cc1cccnc1)CCC2. The van der Waals surface area contributed by atoms with Gasteiger partial charge in [0.2, 0.25) is 5.91 Å². The molecule has 3 aromatic rings. The normalized spacial score (nSPS) is 17.8. The maximum atomic E-state index is 12.5. The van der Waals surface area contributed by atoms with Crippen LogP contribution in [0.2, 0.25) is 0 Å². The smallest absolute Gasteiger partial charge is 0.226 e. The molecule has 6 nitrogen and oxygen atoms in total. The molecule has 28 heavy (non-hydrogen) atoms. The number of aromatic nitrogens is 3. The zero-order valence-electron chi connectivity index (χ0n) is 15.8. The largest absolute Gasteiger partial charge is 0.496 e. The molecule has 3 heterocycles. The van der Waals surface area contributed by atoms with E-state index in [1.165, 1.54) is 17.5 Å². The number of carbonyl (C=O) groups excluding carboxylic acids is 1. The molecule has 2 aliphatic rings. The van der Waals surface area contributed by atoms with Gasteiger partial charge in [0, 0.05) is 35.9 Å². The maximum Gasteiger partial charge on any atom is 0.226 e. The average Bonchev–Trinajstić information content (AvgIpc) is 3.34. The number of methoxy groups -OCH3 is 1. The van der Waals surface area contributed by atoms with Gasteiger partial charge in [-0.3, -0.25) is 9.78 Å². The van der Waals surface area contributed by atoms with E-state index in [9.17, 15) is 4.79 Å². The Morgan fingerprint density at radius 3 is 2.86 bits per heavy atom. The number of nitrogens with one attached hydrogen (secondary N) is 1. The summed E-state index contributed by atoms with van der Waals surface area (Å²) in [7, 11) is 1.70. The van der Waals surface area contributed by atoms with Crippen LogP contribution in [0.4, 0.5) is 5.82 Å². The van der Waals surface area contributed by atoms with Gasteiger partial charge >= 0.3 is 0 Å². The fourth-order valence-electron chi connectivity index (χ4n) is 4.40. The summed E-state index contributed by atoms with van der Waals surface area (Å²) in [4.78, 5) is 16.7. The van der Waals surface area contributed by atoms with Gasteiger partial charge in [-0.05, 0) is 48.1 Å². The van der Waals surface area contributed by atoms with Crippen molar-refractivity contribution in [2.45, 2.75) is 38.1 Å². The van der Waals surface area contributed by atoms with Crippen LogP contribution in [-0.2, 0) is 24.2 Å². The van der Waals surface area contributed by atoms with E-state index in [0.717, 1.165) is 41.1 Å². The van der Waals surface area contributed by atoms with Crippen molar-refractivity contribution in [1.29, 1.82) is 0 Å². The average molecular weight is 374 g/mol. The predicted molar refractivity (Wildman–Crippen MR) is 106 cm³/mol. The van der Waals surface area contributed by atoms with Gasteiger partial charge in [-0.2, -0.15) is 5.10 Å². The molecule has 0 saturated heterocycles. The molecule has 1 aromatic carbocycles. The van der Waals surface area contributed by atoms with E-state index in [1.807, 2.05) is 29.2 Å². The van der Waals surface area contributed by atoms with Crippen molar-refractivity contribution >= 4 is 11.7 Å². The Morgan fingerprint density at radius 2 is 2.07 bits per heavy atom. The minimum atomic E-state index is -0.0488. The van der Waals surface area contributed by atoms with Crippen molar-refractivity contribution in [3.8, 4) is 5.75 Å². The molecule has 1 atom stereocenters. The number of ether oxygens (including phenoxy) is 1.